The molecule has 0 amide bonds. The van der Waals surface area contributed by atoms with Gasteiger partial charge in [0.2, 0.25) is 0 Å². The molecule has 2 heteroatoms. The molecule has 0 saturated heterocycles. The summed E-state index contributed by atoms with van der Waals surface area (Å²) in [6, 6.07) is 12.9. The molecule has 0 aliphatic heterocycles. The summed E-state index contributed by atoms with van der Waals surface area (Å²) in [4.78, 5) is 0. The van der Waals surface area contributed by atoms with E-state index < -0.39 is 0 Å². The SMILES string of the molecule is CCCCCCCCOc1cc(/C=C/c2ccc(C)cc2)c(OCCCCCCCC)cc1C. The third-order valence-electron chi connectivity index (χ3n) is 6.35. The lowest BCUT2D eigenvalue weighted by molar-refractivity contribution is 0.294. The van der Waals surface area contributed by atoms with Gasteiger partial charge in [-0.3, -0.25) is 0 Å². The van der Waals surface area contributed by atoms with Crippen molar-refractivity contribution in [3.63, 3.8) is 0 Å². The van der Waals surface area contributed by atoms with Crippen LogP contribution in [0.25, 0.3) is 12.2 Å². The second-order valence-corrected chi connectivity index (χ2v) is 9.63. The highest BCUT2D eigenvalue weighted by Crippen LogP contribution is 2.31. The second-order valence-electron chi connectivity index (χ2n) is 9.63. The Kier molecular flexibility index (Phi) is 14.2. The fourth-order valence-corrected chi connectivity index (χ4v) is 4.08. The molecule has 188 valence electrons. The first-order chi connectivity index (χ1) is 16.6. The third-order valence-corrected chi connectivity index (χ3v) is 6.35. The minimum absolute atomic E-state index is 0.773. The van der Waals surface area contributed by atoms with E-state index in [1.54, 1.807) is 0 Å². The van der Waals surface area contributed by atoms with Gasteiger partial charge in [0.15, 0.2) is 0 Å². The molecule has 0 heterocycles. The van der Waals surface area contributed by atoms with Crippen LogP contribution in [0.4, 0.5) is 0 Å². The molecular formula is C32H48O2. The van der Waals surface area contributed by atoms with E-state index in [0.29, 0.717) is 0 Å². The summed E-state index contributed by atoms with van der Waals surface area (Å²) in [7, 11) is 0. The van der Waals surface area contributed by atoms with Crippen LogP contribution in [-0.4, -0.2) is 13.2 Å². The largest absolute Gasteiger partial charge is 0.493 e. The smallest absolute Gasteiger partial charge is 0.127 e. The van der Waals surface area contributed by atoms with Gasteiger partial charge < -0.3 is 9.47 Å². The molecule has 2 rings (SSSR count). The van der Waals surface area contributed by atoms with Crippen LogP contribution in [0.15, 0.2) is 36.4 Å². The van der Waals surface area contributed by atoms with Gasteiger partial charge in [0.1, 0.15) is 11.5 Å². The quantitative estimate of drug-likeness (QED) is 0.161. The first-order valence-corrected chi connectivity index (χ1v) is 13.8. The summed E-state index contributed by atoms with van der Waals surface area (Å²) in [5.41, 5.74) is 4.72. The molecule has 2 nitrogen and oxygen atoms in total. The Morgan fingerprint density at radius 3 is 1.71 bits per heavy atom. The number of aryl methyl sites for hydroxylation is 2. The maximum absolute atomic E-state index is 6.26. The number of unbranched alkanes of at least 4 members (excludes halogenated alkanes) is 10. The average molecular weight is 465 g/mol. The van der Waals surface area contributed by atoms with Crippen molar-refractivity contribution in [2.75, 3.05) is 13.2 Å². The molecule has 0 aromatic heterocycles. The molecule has 0 fully saturated rings. The summed E-state index contributed by atoms with van der Waals surface area (Å²) in [6.45, 7) is 10.3. The predicted molar refractivity (Wildman–Crippen MR) is 149 cm³/mol. The zero-order valence-electron chi connectivity index (χ0n) is 22.3. The van der Waals surface area contributed by atoms with Crippen molar-refractivity contribution < 1.29 is 9.47 Å². The molecule has 34 heavy (non-hydrogen) atoms. The number of ether oxygens (including phenoxy) is 2. The van der Waals surface area contributed by atoms with Crippen molar-refractivity contribution in [1.82, 2.24) is 0 Å². The van der Waals surface area contributed by atoms with E-state index in [1.165, 1.54) is 75.3 Å². The van der Waals surface area contributed by atoms with Crippen LogP contribution in [0, 0.1) is 13.8 Å². The van der Waals surface area contributed by atoms with Crippen LogP contribution >= 0.6 is 0 Å². The lowest BCUT2D eigenvalue weighted by atomic mass is 10.1. The molecule has 0 bridgehead atoms. The van der Waals surface area contributed by atoms with E-state index in [4.69, 9.17) is 9.47 Å². The average Bonchev–Trinajstić information content (AvgIpc) is 2.84. The van der Waals surface area contributed by atoms with Crippen molar-refractivity contribution in [2.24, 2.45) is 0 Å². The highest BCUT2D eigenvalue weighted by molar-refractivity contribution is 5.74. The molecule has 2 aromatic rings. The maximum atomic E-state index is 6.26. The topological polar surface area (TPSA) is 18.5 Å². The van der Waals surface area contributed by atoms with Gasteiger partial charge in [0, 0.05) is 5.56 Å². The fourth-order valence-electron chi connectivity index (χ4n) is 4.08. The molecular weight excluding hydrogens is 416 g/mol. The summed E-state index contributed by atoms with van der Waals surface area (Å²) in [5, 5.41) is 0. The Bertz CT molecular complexity index is 820. The molecule has 0 aliphatic carbocycles. The molecule has 0 N–H and O–H groups in total. The second kappa shape index (κ2) is 17.2. The normalized spacial score (nSPS) is 11.3. The van der Waals surface area contributed by atoms with Gasteiger partial charge in [-0.2, -0.15) is 0 Å². The Labute approximate surface area is 209 Å². The summed E-state index contributed by atoms with van der Waals surface area (Å²) < 4.78 is 12.5. The van der Waals surface area contributed by atoms with Crippen LogP contribution in [-0.2, 0) is 0 Å². The van der Waals surface area contributed by atoms with Crippen LogP contribution in [0.1, 0.15) is 113 Å². The lowest BCUT2D eigenvalue weighted by Crippen LogP contribution is -2.02. The van der Waals surface area contributed by atoms with Gasteiger partial charge in [0.05, 0.1) is 13.2 Å². The number of hydrogen-bond donors (Lipinski definition) is 0. The Morgan fingerprint density at radius 2 is 1.12 bits per heavy atom. The van der Waals surface area contributed by atoms with E-state index in [2.05, 4.69) is 76.2 Å². The van der Waals surface area contributed by atoms with Crippen LogP contribution in [0.5, 0.6) is 11.5 Å². The number of rotatable bonds is 18. The molecule has 2 aromatic carbocycles. The predicted octanol–water partition coefficient (Wildman–Crippen LogP) is 9.95. The van der Waals surface area contributed by atoms with E-state index in [9.17, 15) is 0 Å². The molecule has 0 aliphatic rings. The van der Waals surface area contributed by atoms with E-state index in [-0.39, 0.29) is 0 Å². The van der Waals surface area contributed by atoms with Gasteiger partial charge in [-0.1, -0.05) is 120 Å². The maximum Gasteiger partial charge on any atom is 0.127 e. The van der Waals surface area contributed by atoms with Gasteiger partial charge in [-0.15, -0.1) is 0 Å². The highest BCUT2D eigenvalue weighted by Gasteiger charge is 2.09. The Hall–Kier alpha value is -2.22. The third kappa shape index (κ3) is 11.3. The summed E-state index contributed by atoms with van der Waals surface area (Å²) >= 11 is 0. The van der Waals surface area contributed by atoms with Gasteiger partial charge in [0.25, 0.3) is 0 Å². The van der Waals surface area contributed by atoms with Crippen molar-refractivity contribution in [2.45, 2.75) is 105 Å². The van der Waals surface area contributed by atoms with Gasteiger partial charge >= 0.3 is 0 Å². The standard InChI is InChI=1S/C32H48O2/c1-5-7-9-11-13-15-23-33-31-26-30(22-21-29-19-17-27(3)18-20-29)32(25-28(31)4)34-24-16-14-12-10-8-6-2/h17-22,25-26H,5-16,23-24H2,1-4H3/b22-21+. The number of benzene rings is 2. The molecule has 0 saturated carbocycles. The monoisotopic (exact) mass is 464 g/mol. The van der Waals surface area contributed by atoms with Crippen molar-refractivity contribution >= 4 is 12.2 Å². The van der Waals surface area contributed by atoms with Gasteiger partial charge in [-0.25, -0.2) is 0 Å². The minimum atomic E-state index is 0.773. The first kappa shape index (κ1) is 28.0. The molecule has 0 radical (unpaired) electrons. The first-order valence-electron chi connectivity index (χ1n) is 13.8. The Morgan fingerprint density at radius 1 is 0.588 bits per heavy atom. The summed E-state index contributed by atoms with van der Waals surface area (Å²) in [6.07, 6.45) is 19.6. The minimum Gasteiger partial charge on any atom is -0.493 e. The molecule has 0 atom stereocenters. The number of hydrogen-bond acceptors (Lipinski definition) is 2. The van der Waals surface area contributed by atoms with E-state index >= 15 is 0 Å². The van der Waals surface area contributed by atoms with Crippen molar-refractivity contribution in [1.29, 1.82) is 0 Å². The lowest BCUT2D eigenvalue weighted by Gasteiger charge is -2.15. The van der Waals surface area contributed by atoms with Crippen LogP contribution in [0.3, 0.4) is 0 Å². The van der Waals surface area contributed by atoms with E-state index in [1.807, 2.05) is 0 Å². The van der Waals surface area contributed by atoms with E-state index in [0.717, 1.165) is 48.7 Å². The zero-order valence-corrected chi connectivity index (χ0v) is 22.3. The van der Waals surface area contributed by atoms with Crippen LogP contribution in [0.2, 0.25) is 0 Å². The molecule has 0 unspecified atom stereocenters. The van der Waals surface area contributed by atoms with Crippen LogP contribution < -0.4 is 9.47 Å². The van der Waals surface area contributed by atoms with Crippen molar-refractivity contribution in [3.05, 3.63) is 58.7 Å². The highest BCUT2D eigenvalue weighted by atomic mass is 16.5. The Balaban J connectivity index is 2.00. The molecule has 0 spiro atoms. The van der Waals surface area contributed by atoms with Crippen molar-refractivity contribution in [3.8, 4) is 11.5 Å². The zero-order chi connectivity index (χ0) is 24.4. The fraction of sp³-hybridized carbons (Fsp3) is 0.562. The van der Waals surface area contributed by atoms with Gasteiger partial charge in [-0.05, 0) is 49.9 Å². The summed E-state index contributed by atoms with van der Waals surface area (Å²) in [5.74, 6) is 1.94.